The molecule has 1 heterocycles. The quantitative estimate of drug-likeness (QED) is 0.473. The third-order valence-corrected chi connectivity index (χ3v) is 2.79. The van der Waals surface area contributed by atoms with E-state index in [9.17, 15) is 0 Å². The van der Waals surface area contributed by atoms with Crippen molar-refractivity contribution < 1.29 is 4.84 Å². The lowest BCUT2D eigenvalue weighted by molar-refractivity contribution is 0.209. The third kappa shape index (κ3) is 3.77. The van der Waals surface area contributed by atoms with Crippen LogP contribution in [0.2, 0.25) is 0 Å². The van der Waals surface area contributed by atoms with E-state index in [0.717, 1.165) is 13.1 Å². The van der Waals surface area contributed by atoms with Crippen LogP contribution in [0.5, 0.6) is 0 Å². The average Bonchev–Trinajstić information content (AvgIpc) is 2.58. The van der Waals surface area contributed by atoms with Gasteiger partial charge in [0.1, 0.15) is 7.11 Å². The molecule has 0 amide bonds. The van der Waals surface area contributed by atoms with Crippen molar-refractivity contribution >= 4 is 31.0 Å². The van der Waals surface area contributed by atoms with Crippen LogP contribution in [0.25, 0.3) is 0 Å². The zero-order valence-corrected chi connectivity index (χ0v) is 10.4. The van der Waals surface area contributed by atoms with Gasteiger partial charge in [0.2, 0.25) is 0 Å². The molecule has 1 aliphatic heterocycles. The summed E-state index contributed by atoms with van der Waals surface area (Å²) in [6, 6.07) is 0. The van der Waals surface area contributed by atoms with E-state index in [4.69, 9.17) is 11.5 Å². The van der Waals surface area contributed by atoms with E-state index in [1.54, 1.807) is 6.21 Å². The second-order valence-electron chi connectivity index (χ2n) is 3.45. The Morgan fingerprint density at radius 3 is 2.53 bits per heavy atom. The second kappa shape index (κ2) is 8.13. The Hall–Kier alpha value is -0.0700. The number of nitrogens with one attached hydrogen (secondary N) is 1. The van der Waals surface area contributed by atoms with Gasteiger partial charge in [-0.1, -0.05) is 5.16 Å². The number of oxime groups is 1. The summed E-state index contributed by atoms with van der Waals surface area (Å²) in [5.74, 6) is 0.280. The lowest BCUT2D eigenvalue weighted by Crippen LogP contribution is -2.45. The first-order valence-electron chi connectivity index (χ1n) is 4.46. The minimum atomic E-state index is -0.0397. The standard InChI is InChI=1S/C8H18N4O.2ClH/c1-13-12-3-7-2-11-6-8(7,4-9)5-10;;/h3,7,11H,2,4-6,9-10H2,1H3;2*1H. The van der Waals surface area contributed by atoms with E-state index in [-0.39, 0.29) is 36.1 Å². The summed E-state index contributed by atoms with van der Waals surface area (Å²) in [5, 5.41) is 7.04. The first-order valence-corrected chi connectivity index (χ1v) is 4.46. The van der Waals surface area contributed by atoms with Gasteiger partial charge in [0.15, 0.2) is 0 Å². The number of nitrogens with two attached hydrogens (primary N) is 2. The van der Waals surface area contributed by atoms with E-state index >= 15 is 0 Å². The predicted octanol–water partition coefficient (Wildman–Crippen LogP) is -0.415. The molecule has 1 saturated heterocycles. The maximum Gasteiger partial charge on any atom is 0.106 e. The fourth-order valence-corrected chi connectivity index (χ4v) is 1.70. The van der Waals surface area contributed by atoms with E-state index in [1.807, 2.05) is 0 Å². The molecule has 7 heteroatoms. The van der Waals surface area contributed by atoms with Gasteiger partial charge in [0.25, 0.3) is 0 Å². The van der Waals surface area contributed by atoms with Crippen molar-refractivity contribution in [3.05, 3.63) is 0 Å². The number of nitrogens with zero attached hydrogens (tertiary/aromatic N) is 1. The van der Waals surface area contributed by atoms with Crippen LogP contribution in [0, 0.1) is 11.3 Å². The van der Waals surface area contributed by atoms with E-state index in [1.165, 1.54) is 7.11 Å². The average molecular weight is 259 g/mol. The Labute approximate surface area is 103 Å². The van der Waals surface area contributed by atoms with Gasteiger partial charge >= 0.3 is 0 Å². The summed E-state index contributed by atoms with van der Waals surface area (Å²) in [6.07, 6.45) is 1.79. The first kappa shape index (κ1) is 17.3. The fraction of sp³-hybridized carbons (Fsp3) is 0.875. The van der Waals surface area contributed by atoms with Gasteiger partial charge in [0, 0.05) is 43.7 Å². The Bertz CT molecular complexity index is 187. The zero-order chi connectivity index (χ0) is 9.73. The Kier molecular flexibility index (Phi) is 9.39. The highest BCUT2D eigenvalue weighted by Gasteiger charge is 2.39. The molecule has 5 N–H and O–H groups in total. The molecular weight excluding hydrogens is 239 g/mol. The van der Waals surface area contributed by atoms with Crippen molar-refractivity contribution in [3.63, 3.8) is 0 Å². The molecule has 0 radical (unpaired) electrons. The number of hydrogen-bond acceptors (Lipinski definition) is 5. The molecule has 1 rings (SSSR count). The molecular formula is C8H20Cl2N4O. The Morgan fingerprint density at radius 1 is 1.47 bits per heavy atom. The Morgan fingerprint density at radius 2 is 2.07 bits per heavy atom. The maximum absolute atomic E-state index is 5.72. The first-order chi connectivity index (χ1) is 6.29. The topological polar surface area (TPSA) is 85.7 Å². The molecule has 1 fully saturated rings. The third-order valence-electron chi connectivity index (χ3n) is 2.79. The van der Waals surface area contributed by atoms with Gasteiger partial charge in [-0.15, -0.1) is 24.8 Å². The van der Waals surface area contributed by atoms with Crippen molar-refractivity contribution in [3.8, 4) is 0 Å². The number of hydrogen-bond donors (Lipinski definition) is 3. The maximum atomic E-state index is 5.72. The van der Waals surface area contributed by atoms with Crippen molar-refractivity contribution in [2.75, 3.05) is 33.3 Å². The number of halogens is 2. The molecule has 0 aromatic carbocycles. The van der Waals surface area contributed by atoms with Gasteiger partial charge in [-0.25, -0.2) is 0 Å². The van der Waals surface area contributed by atoms with Crippen LogP contribution in [0.1, 0.15) is 0 Å². The van der Waals surface area contributed by atoms with Crippen molar-refractivity contribution in [1.29, 1.82) is 0 Å². The van der Waals surface area contributed by atoms with Gasteiger partial charge < -0.3 is 21.6 Å². The molecule has 0 aliphatic carbocycles. The minimum Gasteiger partial charge on any atom is -0.399 e. The molecule has 0 saturated carbocycles. The Balaban J connectivity index is 0. The fourth-order valence-electron chi connectivity index (χ4n) is 1.70. The van der Waals surface area contributed by atoms with Crippen LogP contribution >= 0.6 is 24.8 Å². The summed E-state index contributed by atoms with van der Waals surface area (Å²) in [7, 11) is 1.53. The lowest BCUT2D eigenvalue weighted by Gasteiger charge is -2.29. The predicted molar refractivity (Wildman–Crippen MR) is 66.9 cm³/mol. The second-order valence-corrected chi connectivity index (χ2v) is 3.45. The van der Waals surface area contributed by atoms with E-state index in [2.05, 4.69) is 15.3 Å². The van der Waals surface area contributed by atoms with Crippen molar-refractivity contribution in [2.24, 2.45) is 28.0 Å². The van der Waals surface area contributed by atoms with E-state index in [0.29, 0.717) is 13.1 Å². The lowest BCUT2D eigenvalue weighted by atomic mass is 9.79. The molecule has 0 spiro atoms. The van der Waals surface area contributed by atoms with Gasteiger partial charge in [-0.3, -0.25) is 0 Å². The number of rotatable bonds is 4. The molecule has 5 nitrogen and oxygen atoms in total. The van der Waals surface area contributed by atoms with Gasteiger partial charge in [0.05, 0.1) is 0 Å². The summed E-state index contributed by atoms with van der Waals surface area (Å²) in [5.41, 5.74) is 11.4. The molecule has 1 unspecified atom stereocenters. The zero-order valence-electron chi connectivity index (χ0n) is 8.81. The molecule has 92 valence electrons. The van der Waals surface area contributed by atoms with Crippen molar-refractivity contribution in [2.45, 2.75) is 0 Å². The van der Waals surface area contributed by atoms with Crippen LogP contribution in [0.4, 0.5) is 0 Å². The summed E-state index contributed by atoms with van der Waals surface area (Å²) in [6.45, 7) is 2.90. The molecule has 0 bridgehead atoms. The van der Waals surface area contributed by atoms with Crippen LogP contribution in [-0.4, -0.2) is 39.5 Å². The smallest absolute Gasteiger partial charge is 0.106 e. The van der Waals surface area contributed by atoms with Gasteiger partial charge in [-0.2, -0.15) is 0 Å². The summed E-state index contributed by atoms with van der Waals surface area (Å²) < 4.78 is 0. The monoisotopic (exact) mass is 258 g/mol. The largest absolute Gasteiger partial charge is 0.399 e. The summed E-state index contributed by atoms with van der Waals surface area (Å²) >= 11 is 0. The molecule has 0 aromatic rings. The van der Waals surface area contributed by atoms with Gasteiger partial charge in [-0.05, 0) is 0 Å². The van der Waals surface area contributed by atoms with Crippen molar-refractivity contribution in [1.82, 2.24) is 5.32 Å². The van der Waals surface area contributed by atoms with Crippen LogP contribution in [-0.2, 0) is 4.84 Å². The highest BCUT2D eigenvalue weighted by Crippen LogP contribution is 2.27. The molecule has 1 atom stereocenters. The van der Waals surface area contributed by atoms with Crippen LogP contribution in [0.15, 0.2) is 5.16 Å². The minimum absolute atomic E-state index is 0. The molecule has 15 heavy (non-hydrogen) atoms. The molecule has 1 aliphatic rings. The summed E-state index contributed by atoms with van der Waals surface area (Å²) in [4.78, 5) is 4.65. The molecule has 0 aromatic heterocycles. The highest BCUT2D eigenvalue weighted by molar-refractivity contribution is 5.85. The van der Waals surface area contributed by atoms with Crippen LogP contribution in [0.3, 0.4) is 0 Å². The normalized spacial score (nSPS) is 23.3. The highest BCUT2D eigenvalue weighted by atomic mass is 35.5. The van der Waals surface area contributed by atoms with E-state index < -0.39 is 0 Å². The SMILES string of the molecule is CON=CC1CNCC1(CN)CN.Cl.Cl. The van der Waals surface area contributed by atoms with Crippen LogP contribution < -0.4 is 16.8 Å².